The zero-order chi connectivity index (χ0) is 44.6. The van der Waals surface area contributed by atoms with Crippen molar-refractivity contribution in [1.29, 1.82) is 0 Å². The number of carbonyl (C=O) groups excluding carboxylic acids is 4. The van der Waals surface area contributed by atoms with Crippen LogP contribution in [0.15, 0.2) is 35.7 Å². The highest BCUT2D eigenvalue weighted by molar-refractivity contribution is 7.91. The van der Waals surface area contributed by atoms with Gasteiger partial charge < -0.3 is 29.9 Å². The van der Waals surface area contributed by atoms with Gasteiger partial charge in [0, 0.05) is 47.8 Å². The van der Waals surface area contributed by atoms with Crippen LogP contribution >= 0.6 is 11.3 Å². The van der Waals surface area contributed by atoms with E-state index in [2.05, 4.69) is 29.2 Å². The summed E-state index contributed by atoms with van der Waals surface area (Å²) >= 11 is 1.49. The Kier molecular flexibility index (Phi) is 13.1. The Morgan fingerprint density at radius 2 is 1.87 bits per heavy atom. The van der Waals surface area contributed by atoms with Crippen LogP contribution in [0.2, 0.25) is 0 Å². The molecule has 15 nitrogen and oxygen atoms in total. The molecule has 5 amide bonds. The molecular formula is C46H61N7O8S2. The molecule has 2 aliphatic heterocycles. The third kappa shape index (κ3) is 9.83. The molecule has 5 atom stereocenters. The summed E-state index contributed by atoms with van der Waals surface area (Å²) in [7, 11) is -2.30. The zero-order valence-electron chi connectivity index (χ0n) is 37.0. The molecule has 4 heterocycles. The first-order chi connectivity index (χ1) is 30.2. The predicted octanol–water partition coefficient (Wildman–Crippen LogP) is 6.35. The lowest BCUT2D eigenvalue weighted by atomic mass is 10.0. The lowest BCUT2D eigenvalue weighted by Crippen LogP contribution is -2.59. The highest BCUT2D eigenvalue weighted by Crippen LogP contribution is 2.46. The number of urea groups is 1. The number of benzene rings is 1. The fourth-order valence-corrected chi connectivity index (χ4v) is 11.2. The number of aromatic nitrogens is 2. The molecule has 0 radical (unpaired) electrons. The molecule has 340 valence electrons. The molecule has 3 aliphatic carbocycles. The summed E-state index contributed by atoms with van der Waals surface area (Å²) in [5.74, 6) is -0.354. The summed E-state index contributed by atoms with van der Waals surface area (Å²) in [5.41, 5.74) is 1.53. The van der Waals surface area contributed by atoms with E-state index in [0.29, 0.717) is 73.8 Å². The number of sulfonamides is 1. The molecule has 3 saturated carbocycles. The van der Waals surface area contributed by atoms with E-state index in [1.165, 1.54) is 16.2 Å². The minimum Gasteiger partial charge on any atom is -0.496 e. The molecule has 1 saturated heterocycles. The number of fused-ring (bicyclic) bond motifs is 3. The third-order valence-electron chi connectivity index (χ3n) is 13.1. The van der Waals surface area contributed by atoms with Crippen LogP contribution in [0.25, 0.3) is 21.6 Å². The topological polar surface area (TPSA) is 189 Å². The summed E-state index contributed by atoms with van der Waals surface area (Å²) in [6.45, 7) is 9.34. The maximum absolute atomic E-state index is 15.0. The summed E-state index contributed by atoms with van der Waals surface area (Å²) in [4.78, 5) is 70.9. The second-order valence-electron chi connectivity index (χ2n) is 18.4. The lowest BCUT2D eigenvalue weighted by molar-refractivity contribution is -0.141. The molecule has 0 bridgehead atoms. The quantitative estimate of drug-likeness (QED) is 0.163. The lowest BCUT2D eigenvalue weighted by Gasteiger charge is -2.31. The van der Waals surface area contributed by atoms with E-state index in [1.54, 1.807) is 12.0 Å². The smallest absolute Gasteiger partial charge is 0.318 e. The number of thiazole rings is 1. The second kappa shape index (κ2) is 18.4. The molecule has 0 spiro atoms. The maximum Gasteiger partial charge on any atom is 0.318 e. The van der Waals surface area contributed by atoms with Crippen molar-refractivity contribution in [2.75, 3.05) is 26.7 Å². The molecule has 2 aromatic heterocycles. The maximum atomic E-state index is 15.0. The molecule has 63 heavy (non-hydrogen) atoms. The molecule has 1 aromatic carbocycles. The second-order valence-corrected chi connectivity index (χ2v) is 21.2. The predicted molar refractivity (Wildman–Crippen MR) is 241 cm³/mol. The van der Waals surface area contributed by atoms with Gasteiger partial charge in [0.2, 0.25) is 21.8 Å². The van der Waals surface area contributed by atoms with Gasteiger partial charge in [-0.15, -0.1) is 11.3 Å². The van der Waals surface area contributed by atoms with Crippen LogP contribution in [0, 0.1) is 18.8 Å². The minimum atomic E-state index is -3.91. The van der Waals surface area contributed by atoms with Crippen LogP contribution in [0.3, 0.4) is 0 Å². The van der Waals surface area contributed by atoms with Gasteiger partial charge in [-0.1, -0.05) is 45.8 Å². The normalized spacial score (nSPS) is 25.4. The number of pyridine rings is 1. The number of methoxy groups -OCH3 is 1. The number of ether oxygens (including phenoxy) is 2. The highest BCUT2D eigenvalue weighted by Gasteiger charge is 2.62. The van der Waals surface area contributed by atoms with Gasteiger partial charge >= 0.3 is 6.03 Å². The van der Waals surface area contributed by atoms with Crippen LogP contribution in [-0.4, -0.2) is 108 Å². The number of nitrogens with one attached hydrogen (secondary N) is 3. The highest BCUT2D eigenvalue weighted by atomic mass is 32.2. The van der Waals surface area contributed by atoms with Crippen molar-refractivity contribution >= 4 is 56.0 Å². The van der Waals surface area contributed by atoms with Gasteiger partial charge in [0.1, 0.15) is 45.9 Å². The van der Waals surface area contributed by atoms with Crippen molar-refractivity contribution in [3.8, 4) is 22.2 Å². The first-order valence-corrected chi connectivity index (χ1v) is 25.1. The molecule has 17 heteroatoms. The molecule has 3 aromatic rings. The van der Waals surface area contributed by atoms with Crippen molar-refractivity contribution in [2.24, 2.45) is 11.8 Å². The van der Waals surface area contributed by atoms with E-state index in [-0.39, 0.29) is 31.3 Å². The first kappa shape index (κ1) is 44.8. The number of nitrogens with zero attached hydrogens (tertiary/aromatic N) is 4. The number of rotatable bonds is 13. The fourth-order valence-electron chi connectivity index (χ4n) is 8.90. The van der Waals surface area contributed by atoms with Crippen molar-refractivity contribution < 1.29 is 37.1 Å². The van der Waals surface area contributed by atoms with Gasteiger partial charge in [-0.25, -0.2) is 23.2 Å². The van der Waals surface area contributed by atoms with Crippen LogP contribution in [0.5, 0.6) is 11.5 Å². The van der Waals surface area contributed by atoms with Gasteiger partial charge in [0.25, 0.3) is 5.91 Å². The van der Waals surface area contributed by atoms with Gasteiger partial charge in [0.05, 0.1) is 30.1 Å². The first-order valence-electron chi connectivity index (χ1n) is 22.7. The van der Waals surface area contributed by atoms with Crippen molar-refractivity contribution in [1.82, 2.24) is 35.1 Å². The summed E-state index contributed by atoms with van der Waals surface area (Å²) in [5, 5.41) is 8.88. The van der Waals surface area contributed by atoms with Crippen molar-refractivity contribution in [3.63, 3.8) is 0 Å². The molecule has 3 N–H and O–H groups in total. The van der Waals surface area contributed by atoms with E-state index in [4.69, 9.17) is 19.4 Å². The average molecular weight is 904 g/mol. The Hall–Kier alpha value is -4.77. The summed E-state index contributed by atoms with van der Waals surface area (Å²) in [6.07, 6.45) is 10.7. The Bertz CT molecular complexity index is 2380. The standard InChI is InChI=1S/C46H61N7O8S2/c1-6-20-52(24-29-14-15-29)45(57)49-34-13-11-9-7-8-10-12-30-23-46(30,44(56)51-63(58,59)32-16-17-32)50-41(54)37-21-31(25-53(37)43(34)55)61-39-22-35(42-48-36(26-62-42)27(2)3)47-40-28(4)38(60-5)19-18-33(39)40/h10,12,18-19,22,26-27,29-32,34,37H,6-9,11,13-17,20-21,23-25H2,1-5H3,(H,49,57)(H,50,54)(H,51,56)/t30-,31-,34+,37+,46-/m1/s1. The number of aryl methyl sites for hydroxylation is 1. The van der Waals surface area contributed by atoms with E-state index in [9.17, 15) is 22.8 Å². The largest absolute Gasteiger partial charge is 0.496 e. The number of carbonyl (C=O) groups is 4. The zero-order valence-corrected chi connectivity index (χ0v) is 38.6. The molecule has 4 fully saturated rings. The van der Waals surface area contributed by atoms with Crippen LogP contribution in [-0.2, 0) is 24.4 Å². The number of hydrogen-bond acceptors (Lipinski definition) is 11. The summed E-state index contributed by atoms with van der Waals surface area (Å²) in [6, 6.07) is 3.28. The molecular weight excluding hydrogens is 843 g/mol. The fraction of sp³-hybridized carbons (Fsp3) is 0.609. The van der Waals surface area contributed by atoms with Crippen LogP contribution < -0.4 is 24.8 Å². The van der Waals surface area contributed by atoms with Crippen molar-refractivity contribution in [2.45, 2.75) is 140 Å². The summed E-state index contributed by atoms with van der Waals surface area (Å²) < 4.78 is 40.8. The number of amides is 5. The van der Waals surface area contributed by atoms with E-state index in [0.717, 1.165) is 53.8 Å². The van der Waals surface area contributed by atoms with E-state index in [1.807, 2.05) is 49.6 Å². The Morgan fingerprint density at radius 1 is 1.08 bits per heavy atom. The van der Waals surface area contributed by atoms with Gasteiger partial charge in [0.15, 0.2) is 0 Å². The Morgan fingerprint density at radius 3 is 2.57 bits per heavy atom. The van der Waals surface area contributed by atoms with Gasteiger partial charge in [-0.3, -0.25) is 19.1 Å². The molecule has 8 rings (SSSR count). The van der Waals surface area contributed by atoms with Crippen LogP contribution in [0.1, 0.15) is 115 Å². The number of allylic oxidation sites excluding steroid dienone is 1. The number of hydrogen-bond donors (Lipinski definition) is 3. The molecule has 5 aliphatic rings. The average Bonchev–Trinajstić information content (AvgIpc) is 4.21. The van der Waals surface area contributed by atoms with Gasteiger partial charge in [-0.05, 0) is 88.7 Å². The van der Waals surface area contributed by atoms with E-state index < -0.39 is 62.6 Å². The van der Waals surface area contributed by atoms with E-state index >= 15 is 4.79 Å². The van der Waals surface area contributed by atoms with Gasteiger partial charge in [-0.2, -0.15) is 0 Å². The van der Waals surface area contributed by atoms with Crippen molar-refractivity contribution in [3.05, 3.63) is 47.0 Å². The van der Waals surface area contributed by atoms with Crippen LogP contribution in [0.4, 0.5) is 4.79 Å². The molecule has 0 unspecified atom stereocenters. The monoisotopic (exact) mass is 903 g/mol. The SMILES string of the molecule is CCCN(CC1CC1)C(=O)N[C@H]1CCCCCC=C[C@@H]2C[C@@]2(C(=O)NS(=O)(=O)C2CC2)NC(=O)[C@@H]2C[C@@H](Oc3cc(-c4nc(C(C)C)cs4)nc4c(C)c(OC)ccc34)CN2C1=O. The third-order valence-corrected chi connectivity index (χ3v) is 15.8. The minimum absolute atomic E-state index is 0.0195. The Labute approximate surface area is 374 Å². The Balaban J connectivity index is 1.14.